The van der Waals surface area contributed by atoms with Crippen molar-refractivity contribution in [3.8, 4) is 0 Å². The zero-order chi connectivity index (χ0) is 19.9. The number of hydrogen-bond acceptors (Lipinski definition) is 3. The summed E-state index contributed by atoms with van der Waals surface area (Å²) >= 11 is 0. The minimum Gasteiger partial charge on any atom is -0.340 e. The quantitative estimate of drug-likeness (QED) is 0.797. The molecule has 2 amide bonds. The van der Waals surface area contributed by atoms with E-state index in [2.05, 4.69) is 4.90 Å². The van der Waals surface area contributed by atoms with Crippen LogP contribution in [0.1, 0.15) is 22.3 Å². The molecule has 0 spiro atoms. The number of likely N-dealkylation sites (N-methyl/N-ethyl adjacent to an activating group) is 1. The van der Waals surface area contributed by atoms with Crippen molar-refractivity contribution < 1.29 is 14.0 Å². The molecule has 0 atom stereocenters. The molecule has 2 aromatic rings. The van der Waals surface area contributed by atoms with Crippen molar-refractivity contribution in [3.63, 3.8) is 0 Å². The van der Waals surface area contributed by atoms with Gasteiger partial charge < -0.3 is 9.80 Å². The van der Waals surface area contributed by atoms with Gasteiger partial charge in [0.25, 0.3) is 5.91 Å². The molecule has 0 unspecified atom stereocenters. The molecule has 3 rings (SSSR count). The molecular formula is C22H26FN3O2. The molecule has 6 heteroatoms. The predicted octanol–water partition coefficient (Wildman–Crippen LogP) is 2.63. The lowest BCUT2D eigenvalue weighted by atomic mass is 10.2. The largest absolute Gasteiger partial charge is 0.340 e. The second kappa shape index (κ2) is 9.46. The summed E-state index contributed by atoms with van der Waals surface area (Å²) in [6.45, 7) is 3.34. The van der Waals surface area contributed by atoms with E-state index in [-0.39, 0.29) is 24.2 Å². The zero-order valence-corrected chi connectivity index (χ0v) is 16.2. The molecular weight excluding hydrogens is 357 g/mol. The maximum atomic E-state index is 13.9. The summed E-state index contributed by atoms with van der Waals surface area (Å²) in [7, 11) is 1.65. The highest BCUT2D eigenvalue weighted by atomic mass is 19.1. The van der Waals surface area contributed by atoms with E-state index < -0.39 is 0 Å². The van der Waals surface area contributed by atoms with Crippen molar-refractivity contribution in [2.45, 2.75) is 13.0 Å². The van der Waals surface area contributed by atoms with Crippen LogP contribution in [0.4, 0.5) is 4.39 Å². The molecule has 0 saturated carbocycles. The number of hydrogen-bond donors (Lipinski definition) is 0. The lowest BCUT2D eigenvalue weighted by molar-refractivity contribution is -0.131. The number of carbonyl (C=O) groups is 2. The van der Waals surface area contributed by atoms with Crippen molar-refractivity contribution in [1.82, 2.24) is 14.7 Å². The smallest absolute Gasteiger partial charge is 0.254 e. The van der Waals surface area contributed by atoms with Crippen molar-refractivity contribution in [1.29, 1.82) is 0 Å². The Bertz CT molecular complexity index is 812. The van der Waals surface area contributed by atoms with E-state index >= 15 is 0 Å². The van der Waals surface area contributed by atoms with Crippen LogP contribution in [-0.2, 0) is 11.3 Å². The number of carbonyl (C=O) groups excluding carboxylic acids is 2. The van der Waals surface area contributed by atoms with E-state index in [1.54, 1.807) is 36.2 Å². The fraction of sp³-hybridized carbons (Fsp3) is 0.364. The van der Waals surface area contributed by atoms with Crippen LogP contribution in [-0.4, -0.2) is 66.3 Å². The van der Waals surface area contributed by atoms with Crippen LogP contribution in [0, 0.1) is 5.82 Å². The molecule has 0 aromatic heterocycles. The first-order chi connectivity index (χ1) is 13.5. The van der Waals surface area contributed by atoms with Crippen LogP contribution in [0.5, 0.6) is 0 Å². The van der Waals surface area contributed by atoms with E-state index in [1.165, 1.54) is 11.0 Å². The average Bonchev–Trinajstić information content (AvgIpc) is 2.95. The fourth-order valence-corrected chi connectivity index (χ4v) is 3.42. The van der Waals surface area contributed by atoms with E-state index in [4.69, 9.17) is 0 Å². The molecule has 148 valence electrons. The first kappa shape index (κ1) is 20.0. The second-order valence-electron chi connectivity index (χ2n) is 7.13. The molecule has 1 heterocycles. The number of nitrogens with zero attached hydrogens (tertiary/aromatic N) is 3. The summed E-state index contributed by atoms with van der Waals surface area (Å²) in [4.78, 5) is 30.5. The Morgan fingerprint density at radius 2 is 1.68 bits per heavy atom. The van der Waals surface area contributed by atoms with Gasteiger partial charge in [0.05, 0.1) is 6.54 Å². The number of rotatable bonds is 5. The molecule has 0 N–H and O–H groups in total. The number of amides is 2. The monoisotopic (exact) mass is 383 g/mol. The van der Waals surface area contributed by atoms with E-state index in [1.807, 2.05) is 24.3 Å². The molecule has 1 aliphatic rings. The lowest BCUT2D eigenvalue weighted by Crippen LogP contribution is -2.42. The molecule has 2 aromatic carbocycles. The Balaban J connectivity index is 1.52. The van der Waals surface area contributed by atoms with Gasteiger partial charge in [-0.15, -0.1) is 0 Å². The standard InChI is InChI=1S/C22H26FN3O2/c1-24(22(28)18-8-3-2-4-9-18)17-21(27)26-13-7-12-25(14-15-26)16-19-10-5-6-11-20(19)23/h2-6,8-11H,7,12-17H2,1H3. The minimum absolute atomic E-state index is 0.0560. The predicted molar refractivity (Wildman–Crippen MR) is 106 cm³/mol. The summed E-state index contributed by atoms with van der Waals surface area (Å²) in [5.41, 5.74) is 1.25. The summed E-state index contributed by atoms with van der Waals surface area (Å²) in [6.07, 6.45) is 0.830. The van der Waals surface area contributed by atoms with Gasteiger partial charge in [-0.1, -0.05) is 36.4 Å². The molecule has 28 heavy (non-hydrogen) atoms. The summed E-state index contributed by atoms with van der Waals surface area (Å²) in [5.74, 6) is -0.412. The Labute approximate surface area is 165 Å². The van der Waals surface area contributed by atoms with Crippen molar-refractivity contribution >= 4 is 11.8 Å². The SMILES string of the molecule is CN(CC(=O)N1CCCN(Cc2ccccc2F)CC1)C(=O)c1ccccc1. The third-order valence-corrected chi connectivity index (χ3v) is 5.03. The molecule has 0 radical (unpaired) electrons. The first-order valence-corrected chi connectivity index (χ1v) is 9.58. The van der Waals surface area contributed by atoms with E-state index in [0.717, 1.165) is 13.0 Å². The average molecular weight is 383 g/mol. The van der Waals surface area contributed by atoms with Gasteiger partial charge in [0.15, 0.2) is 0 Å². The van der Waals surface area contributed by atoms with Gasteiger partial charge in [-0.2, -0.15) is 0 Å². The van der Waals surface area contributed by atoms with Gasteiger partial charge in [-0.05, 0) is 24.6 Å². The minimum atomic E-state index is -0.194. The third-order valence-electron chi connectivity index (χ3n) is 5.03. The normalized spacial score (nSPS) is 15.1. The van der Waals surface area contributed by atoms with Gasteiger partial charge in [0.2, 0.25) is 5.91 Å². The van der Waals surface area contributed by atoms with Gasteiger partial charge in [-0.25, -0.2) is 4.39 Å². The molecule has 1 fully saturated rings. The van der Waals surface area contributed by atoms with Crippen molar-refractivity contribution in [2.24, 2.45) is 0 Å². The van der Waals surface area contributed by atoms with Crippen LogP contribution < -0.4 is 0 Å². The molecule has 0 bridgehead atoms. The molecule has 5 nitrogen and oxygen atoms in total. The molecule has 1 aliphatic heterocycles. The van der Waals surface area contributed by atoms with Gasteiger partial charge in [0, 0.05) is 50.9 Å². The van der Waals surface area contributed by atoms with Crippen molar-refractivity contribution in [3.05, 3.63) is 71.5 Å². The Hall–Kier alpha value is -2.73. The maximum Gasteiger partial charge on any atom is 0.254 e. The first-order valence-electron chi connectivity index (χ1n) is 9.58. The highest BCUT2D eigenvalue weighted by molar-refractivity contribution is 5.96. The number of halogens is 1. The van der Waals surface area contributed by atoms with Gasteiger partial charge >= 0.3 is 0 Å². The zero-order valence-electron chi connectivity index (χ0n) is 16.2. The second-order valence-corrected chi connectivity index (χ2v) is 7.13. The molecule has 0 aliphatic carbocycles. The van der Waals surface area contributed by atoms with E-state index in [9.17, 15) is 14.0 Å². The molecule has 1 saturated heterocycles. The van der Waals surface area contributed by atoms with Gasteiger partial charge in [0.1, 0.15) is 5.82 Å². The highest BCUT2D eigenvalue weighted by Gasteiger charge is 2.22. The Morgan fingerprint density at radius 1 is 0.964 bits per heavy atom. The van der Waals surface area contributed by atoms with Crippen LogP contribution in [0.15, 0.2) is 54.6 Å². The van der Waals surface area contributed by atoms with Crippen molar-refractivity contribution in [2.75, 3.05) is 39.8 Å². The van der Waals surface area contributed by atoms with Crippen LogP contribution in [0.2, 0.25) is 0 Å². The van der Waals surface area contributed by atoms with Gasteiger partial charge in [-0.3, -0.25) is 14.5 Å². The summed E-state index contributed by atoms with van der Waals surface area (Å²) in [5, 5.41) is 0. The topological polar surface area (TPSA) is 43.9 Å². The fourth-order valence-electron chi connectivity index (χ4n) is 3.42. The van der Waals surface area contributed by atoms with Crippen LogP contribution in [0.25, 0.3) is 0 Å². The lowest BCUT2D eigenvalue weighted by Gasteiger charge is -2.25. The summed E-state index contributed by atoms with van der Waals surface area (Å²) in [6, 6.07) is 15.8. The maximum absolute atomic E-state index is 13.9. The Kier molecular flexibility index (Phi) is 6.76. The van der Waals surface area contributed by atoms with E-state index in [0.29, 0.717) is 37.3 Å². The third kappa shape index (κ3) is 5.16. The Morgan fingerprint density at radius 3 is 2.43 bits per heavy atom. The van der Waals surface area contributed by atoms with Crippen LogP contribution in [0.3, 0.4) is 0 Å². The summed E-state index contributed by atoms with van der Waals surface area (Å²) < 4.78 is 13.9. The van der Waals surface area contributed by atoms with Crippen LogP contribution >= 0.6 is 0 Å². The highest BCUT2D eigenvalue weighted by Crippen LogP contribution is 2.13. The number of benzene rings is 2.